The summed E-state index contributed by atoms with van der Waals surface area (Å²) in [5.74, 6) is 0.960. The van der Waals surface area contributed by atoms with Gasteiger partial charge in [-0.05, 0) is 36.4 Å². The van der Waals surface area contributed by atoms with Crippen molar-refractivity contribution in [3.05, 3.63) is 105 Å². The van der Waals surface area contributed by atoms with E-state index in [9.17, 15) is 9.59 Å². The molecular weight excluding hydrogens is 396 g/mol. The zero-order valence-electron chi connectivity index (χ0n) is 15.8. The maximum Gasteiger partial charge on any atom is 0.265 e. The van der Waals surface area contributed by atoms with Crippen LogP contribution in [0.4, 0.5) is 0 Å². The molecule has 0 spiro atoms. The van der Waals surface area contributed by atoms with Crippen LogP contribution in [0.5, 0.6) is 0 Å². The van der Waals surface area contributed by atoms with Crippen molar-refractivity contribution in [3.8, 4) is 5.69 Å². The number of thioether (sulfide) groups is 1. The molecule has 0 aliphatic heterocycles. The van der Waals surface area contributed by atoms with Gasteiger partial charge in [0.1, 0.15) is 5.82 Å². The van der Waals surface area contributed by atoms with Crippen molar-refractivity contribution >= 4 is 33.6 Å². The Kier molecular flexibility index (Phi) is 4.65. The summed E-state index contributed by atoms with van der Waals surface area (Å²) in [6.45, 7) is 0. The summed E-state index contributed by atoms with van der Waals surface area (Å²) in [7, 11) is 0. The number of hydrogen-bond acceptors (Lipinski definition) is 5. The van der Waals surface area contributed by atoms with Crippen LogP contribution in [-0.4, -0.2) is 19.5 Å². The maximum absolute atomic E-state index is 13.2. The van der Waals surface area contributed by atoms with E-state index in [4.69, 9.17) is 4.98 Å². The van der Waals surface area contributed by atoms with Crippen LogP contribution in [0.2, 0.25) is 0 Å². The molecule has 7 heteroatoms. The molecule has 0 unspecified atom stereocenters. The smallest absolute Gasteiger partial charge is 0.265 e. The molecular formula is C23H16N4O2S. The lowest BCUT2D eigenvalue weighted by atomic mass is 10.2. The maximum atomic E-state index is 13.2. The Hall–Kier alpha value is -3.71. The third-order valence-corrected chi connectivity index (χ3v) is 5.66. The van der Waals surface area contributed by atoms with Crippen molar-refractivity contribution in [2.75, 3.05) is 0 Å². The molecule has 1 N–H and O–H groups in total. The number of aromatic nitrogens is 4. The molecule has 30 heavy (non-hydrogen) atoms. The number of para-hydroxylation sites is 3. The highest BCUT2D eigenvalue weighted by molar-refractivity contribution is 7.98. The van der Waals surface area contributed by atoms with Crippen molar-refractivity contribution < 1.29 is 0 Å². The van der Waals surface area contributed by atoms with Gasteiger partial charge in [-0.1, -0.05) is 54.2 Å². The van der Waals surface area contributed by atoms with E-state index in [0.717, 1.165) is 5.69 Å². The molecule has 0 saturated carbocycles. The van der Waals surface area contributed by atoms with E-state index in [1.165, 1.54) is 11.8 Å². The molecule has 0 fully saturated rings. The van der Waals surface area contributed by atoms with E-state index >= 15 is 0 Å². The Bertz CT molecular complexity index is 1490. The summed E-state index contributed by atoms with van der Waals surface area (Å²) >= 11 is 1.34. The first kappa shape index (κ1) is 18.3. The Morgan fingerprint density at radius 2 is 1.40 bits per heavy atom. The summed E-state index contributed by atoms with van der Waals surface area (Å²) in [6.07, 6.45) is 0. The summed E-state index contributed by atoms with van der Waals surface area (Å²) < 4.78 is 1.62. The molecule has 0 amide bonds. The Labute approximate surface area is 175 Å². The molecule has 2 heterocycles. The number of nitrogens with zero attached hydrogens (tertiary/aromatic N) is 3. The third kappa shape index (κ3) is 3.29. The van der Waals surface area contributed by atoms with E-state index in [2.05, 4.69) is 9.97 Å². The highest BCUT2D eigenvalue weighted by Gasteiger charge is 2.14. The summed E-state index contributed by atoms with van der Waals surface area (Å²) in [5, 5.41) is 1.60. The second-order valence-corrected chi connectivity index (χ2v) is 7.66. The molecule has 0 radical (unpaired) electrons. The van der Waals surface area contributed by atoms with Crippen molar-refractivity contribution in [1.29, 1.82) is 0 Å². The highest BCUT2D eigenvalue weighted by Crippen LogP contribution is 2.21. The molecule has 0 aliphatic rings. The predicted octanol–water partition coefficient (Wildman–Crippen LogP) is 3.91. The van der Waals surface area contributed by atoms with Gasteiger partial charge in [0, 0.05) is 0 Å². The van der Waals surface area contributed by atoms with Crippen LogP contribution in [0.1, 0.15) is 5.82 Å². The first-order valence-corrected chi connectivity index (χ1v) is 10.4. The zero-order valence-corrected chi connectivity index (χ0v) is 16.6. The number of rotatable bonds is 4. The lowest BCUT2D eigenvalue weighted by molar-refractivity contribution is 0.880. The summed E-state index contributed by atoms with van der Waals surface area (Å²) in [5.41, 5.74) is 1.72. The van der Waals surface area contributed by atoms with Gasteiger partial charge in [-0.3, -0.25) is 14.2 Å². The molecule has 6 nitrogen and oxygen atoms in total. The van der Waals surface area contributed by atoms with E-state index in [-0.39, 0.29) is 11.1 Å². The SMILES string of the molecule is O=c1[nH]c(SCc2nc3ccccc3c(=O)n2-c2ccccc2)nc2ccccc12. The Balaban J connectivity index is 1.60. The standard InChI is InChI=1S/C23H16N4O2S/c28-21-16-10-4-6-12-18(16)25-23(26-21)30-14-20-24-19-13-7-5-11-17(19)22(29)27(20)15-8-2-1-3-9-15/h1-13H,14H2,(H,25,26,28). The molecule has 2 aromatic heterocycles. The van der Waals surface area contributed by atoms with Crippen molar-refractivity contribution in [2.24, 2.45) is 0 Å². The minimum absolute atomic E-state index is 0.123. The molecule has 5 aromatic rings. The van der Waals surface area contributed by atoms with Crippen LogP contribution in [-0.2, 0) is 5.75 Å². The van der Waals surface area contributed by atoms with Gasteiger partial charge >= 0.3 is 0 Å². The minimum Gasteiger partial charge on any atom is -0.301 e. The van der Waals surface area contributed by atoms with Gasteiger partial charge in [0.25, 0.3) is 11.1 Å². The first-order chi connectivity index (χ1) is 14.7. The van der Waals surface area contributed by atoms with E-state index in [0.29, 0.717) is 38.5 Å². The largest absolute Gasteiger partial charge is 0.301 e. The molecule has 5 rings (SSSR count). The van der Waals surface area contributed by atoms with Crippen LogP contribution in [0.25, 0.3) is 27.5 Å². The average Bonchev–Trinajstić information content (AvgIpc) is 2.78. The van der Waals surface area contributed by atoms with Crippen molar-refractivity contribution in [3.63, 3.8) is 0 Å². The minimum atomic E-state index is -0.185. The van der Waals surface area contributed by atoms with Crippen molar-refractivity contribution in [2.45, 2.75) is 10.9 Å². The number of fused-ring (bicyclic) bond motifs is 2. The molecule has 0 saturated heterocycles. The predicted molar refractivity (Wildman–Crippen MR) is 119 cm³/mol. The lowest BCUT2D eigenvalue weighted by Crippen LogP contribution is -2.23. The number of H-pyrrole nitrogens is 1. The summed E-state index contributed by atoms with van der Waals surface area (Å²) in [6, 6.07) is 23.9. The quantitative estimate of drug-likeness (QED) is 0.358. The van der Waals surface area contributed by atoms with Crippen LogP contribution in [0.15, 0.2) is 93.6 Å². The van der Waals surface area contributed by atoms with Crippen LogP contribution >= 0.6 is 11.8 Å². The van der Waals surface area contributed by atoms with E-state index in [1.54, 1.807) is 16.7 Å². The number of nitrogens with one attached hydrogen (secondary N) is 1. The van der Waals surface area contributed by atoms with E-state index in [1.807, 2.05) is 66.7 Å². The summed E-state index contributed by atoms with van der Waals surface area (Å²) in [4.78, 5) is 37.7. The fraction of sp³-hybridized carbons (Fsp3) is 0.0435. The first-order valence-electron chi connectivity index (χ1n) is 9.39. The number of benzene rings is 3. The van der Waals surface area contributed by atoms with Gasteiger partial charge in [-0.2, -0.15) is 0 Å². The molecule has 146 valence electrons. The van der Waals surface area contributed by atoms with E-state index < -0.39 is 0 Å². The van der Waals surface area contributed by atoms with Gasteiger partial charge in [-0.15, -0.1) is 0 Å². The van der Waals surface area contributed by atoms with Gasteiger partial charge < -0.3 is 4.98 Å². The van der Waals surface area contributed by atoms with Gasteiger partial charge in [-0.25, -0.2) is 9.97 Å². The zero-order chi connectivity index (χ0) is 20.5. The molecule has 0 aliphatic carbocycles. The average molecular weight is 412 g/mol. The third-order valence-electron chi connectivity index (χ3n) is 4.79. The van der Waals surface area contributed by atoms with Crippen LogP contribution < -0.4 is 11.1 Å². The van der Waals surface area contributed by atoms with Crippen molar-refractivity contribution in [1.82, 2.24) is 19.5 Å². The van der Waals surface area contributed by atoms with Crippen LogP contribution in [0, 0.1) is 0 Å². The van der Waals surface area contributed by atoms with Gasteiger partial charge in [0.2, 0.25) is 0 Å². The monoisotopic (exact) mass is 412 g/mol. The normalized spacial score (nSPS) is 11.2. The lowest BCUT2D eigenvalue weighted by Gasteiger charge is -2.13. The fourth-order valence-electron chi connectivity index (χ4n) is 3.39. The molecule has 3 aromatic carbocycles. The number of hydrogen-bond donors (Lipinski definition) is 1. The number of aromatic amines is 1. The van der Waals surface area contributed by atoms with Crippen LogP contribution in [0.3, 0.4) is 0 Å². The molecule has 0 atom stereocenters. The Morgan fingerprint density at radius 3 is 2.17 bits per heavy atom. The Morgan fingerprint density at radius 1 is 0.767 bits per heavy atom. The van der Waals surface area contributed by atoms with Gasteiger partial charge in [0.15, 0.2) is 5.16 Å². The molecule has 0 bridgehead atoms. The second kappa shape index (κ2) is 7.61. The fourth-order valence-corrected chi connectivity index (χ4v) is 4.17. The topological polar surface area (TPSA) is 80.6 Å². The van der Waals surface area contributed by atoms with Gasteiger partial charge in [0.05, 0.1) is 33.2 Å². The highest BCUT2D eigenvalue weighted by atomic mass is 32.2. The second-order valence-electron chi connectivity index (χ2n) is 6.70.